The van der Waals surface area contributed by atoms with Crippen LogP contribution in [-0.4, -0.2) is 20.9 Å². The summed E-state index contributed by atoms with van der Waals surface area (Å²) in [6.45, 7) is 0.529. The molecular formula is C8H7NO2S2. The van der Waals surface area contributed by atoms with E-state index in [1.165, 1.54) is 11.8 Å². The molecule has 2 heterocycles. The highest BCUT2D eigenvalue weighted by Crippen LogP contribution is 2.21. The molecule has 2 rings (SSSR count). The van der Waals surface area contributed by atoms with Crippen molar-refractivity contribution in [3.8, 4) is 0 Å². The molecule has 0 N–H and O–H groups in total. The Kier molecular flexibility index (Phi) is 2.37. The summed E-state index contributed by atoms with van der Waals surface area (Å²) in [6, 6.07) is 1.83. The smallest absolute Gasteiger partial charge is 0.238 e. The molecule has 1 aromatic heterocycles. The third-order valence-electron chi connectivity index (χ3n) is 1.76. The van der Waals surface area contributed by atoms with E-state index in [1.54, 1.807) is 17.4 Å². The van der Waals surface area contributed by atoms with E-state index in [1.807, 2.05) is 6.07 Å². The van der Waals surface area contributed by atoms with Crippen molar-refractivity contribution in [3.63, 3.8) is 0 Å². The maximum Gasteiger partial charge on any atom is 0.238 e. The van der Waals surface area contributed by atoms with E-state index in [0.717, 1.165) is 5.56 Å². The SMILES string of the molecule is O=C1CSC(=S)N1Cc1ccoc1. The zero-order chi connectivity index (χ0) is 9.26. The van der Waals surface area contributed by atoms with E-state index in [0.29, 0.717) is 16.6 Å². The molecule has 13 heavy (non-hydrogen) atoms. The average Bonchev–Trinajstić information content (AvgIpc) is 2.70. The highest BCUT2D eigenvalue weighted by Gasteiger charge is 2.26. The first kappa shape index (κ1) is 8.77. The molecule has 0 bridgehead atoms. The van der Waals surface area contributed by atoms with E-state index in [4.69, 9.17) is 16.6 Å². The Balaban J connectivity index is 2.09. The number of carbonyl (C=O) groups excluding carboxylic acids is 1. The number of furan rings is 1. The van der Waals surface area contributed by atoms with Crippen LogP contribution in [0.5, 0.6) is 0 Å². The molecule has 5 heteroatoms. The van der Waals surface area contributed by atoms with E-state index in [2.05, 4.69) is 0 Å². The minimum absolute atomic E-state index is 0.0798. The fourth-order valence-electron chi connectivity index (χ4n) is 1.10. The number of rotatable bonds is 2. The number of hydrogen-bond donors (Lipinski definition) is 0. The molecule has 1 aliphatic heterocycles. The van der Waals surface area contributed by atoms with Gasteiger partial charge in [-0.2, -0.15) is 0 Å². The molecule has 3 nitrogen and oxygen atoms in total. The normalized spacial score (nSPS) is 17.1. The van der Waals surface area contributed by atoms with Gasteiger partial charge in [-0.3, -0.25) is 9.69 Å². The van der Waals surface area contributed by atoms with Gasteiger partial charge in [-0.25, -0.2) is 0 Å². The summed E-state index contributed by atoms with van der Waals surface area (Å²) in [5, 5.41) is 0. The first-order valence-corrected chi connectivity index (χ1v) is 5.15. The van der Waals surface area contributed by atoms with Gasteiger partial charge in [0.15, 0.2) is 0 Å². The fraction of sp³-hybridized carbons (Fsp3) is 0.250. The zero-order valence-corrected chi connectivity index (χ0v) is 8.36. The molecule has 1 aliphatic rings. The average molecular weight is 213 g/mol. The summed E-state index contributed by atoms with van der Waals surface area (Å²) in [4.78, 5) is 12.9. The standard InChI is InChI=1S/C8H7NO2S2/c10-7-5-13-8(12)9(7)3-6-1-2-11-4-6/h1-2,4H,3,5H2. The van der Waals surface area contributed by atoms with Crippen LogP contribution in [0.2, 0.25) is 0 Å². The molecule has 0 saturated carbocycles. The largest absolute Gasteiger partial charge is 0.472 e. The molecule has 0 atom stereocenters. The van der Waals surface area contributed by atoms with Crippen molar-refractivity contribution in [2.24, 2.45) is 0 Å². The topological polar surface area (TPSA) is 33.5 Å². The van der Waals surface area contributed by atoms with E-state index in [-0.39, 0.29) is 5.91 Å². The van der Waals surface area contributed by atoms with Crippen LogP contribution in [-0.2, 0) is 11.3 Å². The molecule has 1 saturated heterocycles. The van der Waals surface area contributed by atoms with Crippen LogP contribution in [0.3, 0.4) is 0 Å². The Hall–Kier alpha value is -0.810. The van der Waals surface area contributed by atoms with Gasteiger partial charge in [-0.15, -0.1) is 0 Å². The maximum absolute atomic E-state index is 11.3. The number of carbonyl (C=O) groups is 1. The highest BCUT2D eigenvalue weighted by atomic mass is 32.2. The van der Waals surface area contributed by atoms with Crippen molar-refractivity contribution in [2.75, 3.05) is 5.75 Å². The molecular weight excluding hydrogens is 206 g/mol. The maximum atomic E-state index is 11.3. The lowest BCUT2D eigenvalue weighted by atomic mass is 10.3. The Morgan fingerprint density at radius 1 is 1.69 bits per heavy atom. The molecule has 0 aromatic carbocycles. The van der Waals surface area contributed by atoms with Gasteiger partial charge in [0, 0.05) is 5.56 Å². The van der Waals surface area contributed by atoms with Gasteiger partial charge in [-0.1, -0.05) is 24.0 Å². The minimum Gasteiger partial charge on any atom is -0.472 e. The molecule has 1 amide bonds. The zero-order valence-electron chi connectivity index (χ0n) is 6.73. The molecule has 68 valence electrons. The molecule has 0 spiro atoms. The number of thiocarbonyl (C=S) groups is 1. The number of thioether (sulfide) groups is 1. The lowest BCUT2D eigenvalue weighted by Crippen LogP contribution is -2.27. The van der Waals surface area contributed by atoms with Crippen LogP contribution in [0.15, 0.2) is 23.0 Å². The van der Waals surface area contributed by atoms with Gasteiger partial charge in [0.1, 0.15) is 4.32 Å². The molecule has 0 radical (unpaired) electrons. The monoisotopic (exact) mass is 213 g/mol. The highest BCUT2D eigenvalue weighted by molar-refractivity contribution is 8.23. The summed E-state index contributed by atoms with van der Waals surface area (Å²) >= 11 is 6.44. The van der Waals surface area contributed by atoms with Crippen LogP contribution in [0, 0.1) is 0 Å². The van der Waals surface area contributed by atoms with Crippen LogP contribution < -0.4 is 0 Å². The van der Waals surface area contributed by atoms with Gasteiger partial charge in [0.05, 0.1) is 24.8 Å². The van der Waals surface area contributed by atoms with Crippen molar-refractivity contribution < 1.29 is 9.21 Å². The Morgan fingerprint density at radius 2 is 2.54 bits per heavy atom. The molecule has 0 aliphatic carbocycles. The third kappa shape index (κ3) is 1.76. The lowest BCUT2D eigenvalue weighted by Gasteiger charge is -2.12. The summed E-state index contributed by atoms with van der Waals surface area (Å²) in [6.07, 6.45) is 3.21. The van der Waals surface area contributed by atoms with Crippen molar-refractivity contribution in [2.45, 2.75) is 6.54 Å². The van der Waals surface area contributed by atoms with Gasteiger partial charge >= 0.3 is 0 Å². The van der Waals surface area contributed by atoms with Crippen molar-refractivity contribution in [1.29, 1.82) is 0 Å². The Morgan fingerprint density at radius 3 is 3.08 bits per heavy atom. The Bertz CT molecular complexity index is 318. The predicted molar refractivity (Wildman–Crippen MR) is 54.3 cm³/mol. The van der Waals surface area contributed by atoms with Gasteiger partial charge in [0.2, 0.25) is 5.91 Å². The number of nitrogens with zero attached hydrogens (tertiary/aromatic N) is 1. The van der Waals surface area contributed by atoms with Crippen molar-refractivity contribution in [1.82, 2.24) is 4.90 Å². The summed E-state index contributed by atoms with van der Waals surface area (Å²) in [5.74, 6) is 0.549. The fourth-order valence-corrected chi connectivity index (χ4v) is 2.17. The first-order valence-electron chi connectivity index (χ1n) is 3.75. The third-order valence-corrected chi connectivity index (χ3v) is 3.19. The van der Waals surface area contributed by atoms with Crippen LogP contribution in [0.1, 0.15) is 5.56 Å². The Labute approximate surface area is 85.1 Å². The van der Waals surface area contributed by atoms with Gasteiger partial charge in [-0.05, 0) is 6.07 Å². The number of hydrogen-bond acceptors (Lipinski definition) is 4. The van der Waals surface area contributed by atoms with Crippen molar-refractivity contribution >= 4 is 34.2 Å². The van der Waals surface area contributed by atoms with Crippen molar-refractivity contribution in [3.05, 3.63) is 24.2 Å². The summed E-state index contributed by atoms with van der Waals surface area (Å²) in [5.41, 5.74) is 0.971. The second kappa shape index (κ2) is 3.51. The van der Waals surface area contributed by atoms with Gasteiger partial charge in [0.25, 0.3) is 0 Å². The summed E-state index contributed by atoms with van der Waals surface area (Å²) in [7, 11) is 0. The second-order valence-electron chi connectivity index (χ2n) is 2.67. The van der Waals surface area contributed by atoms with Gasteiger partial charge < -0.3 is 4.42 Å². The van der Waals surface area contributed by atoms with Crippen LogP contribution >= 0.6 is 24.0 Å². The van der Waals surface area contributed by atoms with E-state index < -0.39 is 0 Å². The minimum atomic E-state index is 0.0798. The molecule has 1 aromatic rings. The van der Waals surface area contributed by atoms with E-state index >= 15 is 0 Å². The second-order valence-corrected chi connectivity index (χ2v) is 4.28. The van der Waals surface area contributed by atoms with Crippen LogP contribution in [0.25, 0.3) is 0 Å². The number of amides is 1. The summed E-state index contributed by atoms with van der Waals surface area (Å²) < 4.78 is 5.57. The van der Waals surface area contributed by atoms with E-state index in [9.17, 15) is 4.79 Å². The lowest BCUT2D eigenvalue weighted by molar-refractivity contribution is -0.124. The quantitative estimate of drug-likeness (QED) is 0.699. The predicted octanol–water partition coefficient (Wildman–Crippen LogP) is 1.64. The van der Waals surface area contributed by atoms with Crippen LogP contribution in [0.4, 0.5) is 0 Å². The molecule has 0 unspecified atom stereocenters. The first-order chi connectivity index (χ1) is 6.27. The molecule has 1 fully saturated rings.